The van der Waals surface area contributed by atoms with Gasteiger partial charge in [-0.05, 0) is 66.1 Å². The third-order valence-electron chi connectivity index (χ3n) is 4.32. The van der Waals surface area contributed by atoms with Crippen LogP contribution < -0.4 is 10.1 Å². The SMILES string of the molecule is O=C(Nc1ccc(Cl)cn1)c1cc(COc2ccc3c(c2)CCC3)cs1. The second-order valence-electron chi connectivity index (χ2n) is 6.21. The highest BCUT2D eigenvalue weighted by molar-refractivity contribution is 7.12. The molecule has 2 aromatic heterocycles. The Kier molecular flexibility index (Phi) is 4.91. The van der Waals surface area contributed by atoms with E-state index >= 15 is 0 Å². The summed E-state index contributed by atoms with van der Waals surface area (Å²) in [6, 6.07) is 11.5. The van der Waals surface area contributed by atoms with Gasteiger partial charge in [-0.15, -0.1) is 11.3 Å². The number of nitrogens with one attached hydrogen (secondary N) is 1. The van der Waals surface area contributed by atoms with E-state index in [-0.39, 0.29) is 5.91 Å². The molecule has 0 spiro atoms. The summed E-state index contributed by atoms with van der Waals surface area (Å²) in [5.74, 6) is 1.17. The molecule has 1 aliphatic carbocycles. The van der Waals surface area contributed by atoms with Gasteiger partial charge in [0.15, 0.2) is 0 Å². The smallest absolute Gasteiger partial charge is 0.266 e. The molecule has 132 valence electrons. The standard InChI is InChI=1S/C20H17ClN2O2S/c21-16-5-7-19(22-10-16)23-20(24)18-8-13(12-26-18)11-25-17-6-4-14-2-1-3-15(14)9-17/h4-10,12H,1-3,11H2,(H,22,23,24). The zero-order valence-corrected chi connectivity index (χ0v) is 15.6. The Hall–Kier alpha value is -2.37. The molecule has 0 saturated carbocycles. The summed E-state index contributed by atoms with van der Waals surface area (Å²) in [6.45, 7) is 0.446. The van der Waals surface area contributed by atoms with Gasteiger partial charge in [0.1, 0.15) is 18.2 Å². The first-order valence-corrected chi connectivity index (χ1v) is 9.68. The van der Waals surface area contributed by atoms with Crippen molar-refractivity contribution in [1.82, 2.24) is 4.98 Å². The quantitative estimate of drug-likeness (QED) is 0.664. The molecule has 6 heteroatoms. The zero-order valence-electron chi connectivity index (χ0n) is 14.0. The van der Waals surface area contributed by atoms with Crippen LogP contribution in [0.5, 0.6) is 5.75 Å². The fraction of sp³-hybridized carbons (Fsp3) is 0.200. The number of pyridine rings is 1. The number of hydrogen-bond donors (Lipinski definition) is 1. The number of ether oxygens (including phenoxy) is 1. The minimum atomic E-state index is -0.186. The average molecular weight is 385 g/mol. The van der Waals surface area contributed by atoms with E-state index in [1.165, 1.54) is 41.5 Å². The fourth-order valence-electron chi connectivity index (χ4n) is 3.00. The van der Waals surface area contributed by atoms with Crippen molar-refractivity contribution in [2.75, 3.05) is 5.32 Å². The van der Waals surface area contributed by atoms with Crippen LogP contribution in [0.2, 0.25) is 5.02 Å². The maximum absolute atomic E-state index is 12.3. The molecule has 0 radical (unpaired) electrons. The number of nitrogens with zero attached hydrogens (tertiary/aromatic N) is 1. The van der Waals surface area contributed by atoms with Crippen molar-refractivity contribution in [3.8, 4) is 5.75 Å². The molecule has 3 aromatic rings. The Bertz CT molecular complexity index is 937. The molecule has 0 saturated heterocycles. The Morgan fingerprint density at radius 2 is 2.08 bits per heavy atom. The first-order valence-electron chi connectivity index (χ1n) is 8.42. The van der Waals surface area contributed by atoms with Gasteiger partial charge in [-0.3, -0.25) is 4.79 Å². The number of rotatable bonds is 5. The lowest BCUT2D eigenvalue weighted by molar-refractivity contribution is 0.103. The third-order valence-corrected chi connectivity index (χ3v) is 5.52. The monoisotopic (exact) mass is 384 g/mol. The van der Waals surface area contributed by atoms with Crippen LogP contribution in [0.1, 0.15) is 32.8 Å². The van der Waals surface area contributed by atoms with Crippen LogP contribution in [-0.2, 0) is 19.4 Å². The maximum Gasteiger partial charge on any atom is 0.266 e. The number of thiophene rings is 1. The lowest BCUT2D eigenvalue weighted by Crippen LogP contribution is -2.11. The van der Waals surface area contributed by atoms with E-state index in [0.29, 0.717) is 22.3 Å². The highest BCUT2D eigenvalue weighted by Crippen LogP contribution is 2.27. The van der Waals surface area contributed by atoms with Gasteiger partial charge in [0, 0.05) is 11.8 Å². The van der Waals surface area contributed by atoms with Crippen LogP contribution in [0.15, 0.2) is 48.0 Å². The van der Waals surface area contributed by atoms with E-state index in [0.717, 1.165) is 17.7 Å². The maximum atomic E-state index is 12.3. The van der Waals surface area contributed by atoms with Crippen LogP contribution in [0.4, 0.5) is 5.82 Å². The molecule has 0 fully saturated rings. The Labute approximate surface area is 160 Å². The third kappa shape index (κ3) is 3.89. The van der Waals surface area contributed by atoms with Crippen LogP contribution >= 0.6 is 22.9 Å². The number of halogens is 1. The van der Waals surface area contributed by atoms with Crippen molar-refractivity contribution >= 4 is 34.7 Å². The van der Waals surface area contributed by atoms with E-state index in [4.69, 9.17) is 16.3 Å². The Morgan fingerprint density at radius 3 is 2.92 bits per heavy atom. The van der Waals surface area contributed by atoms with Gasteiger partial charge in [0.25, 0.3) is 5.91 Å². The average Bonchev–Trinajstić information content (AvgIpc) is 3.30. The van der Waals surface area contributed by atoms with Gasteiger partial charge in [-0.2, -0.15) is 0 Å². The summed E-state index contributed by atoms with van der Waals surface area (Å²) in [5.41, 5.74) is 3.80. The molecule has 26 heavy (non-hydrogen) atoms. The fourth-order valence-corrected chi connectivity index (χ4v) is 3.91. The van der Waals surface area contributed by atoms with Gasteiger partial charge in [-0.25, -0.2) is 4.98 Å². The predicted octanol–water partition coefficient (Wildman–Crippen LogP) is 5.12. The molecule has 4 rings (SSSR count). The van der Waals surface area contributed by atoms with Crippen molar-refractivity contribution in [3.63, 3.8) is 0 Å². The van der Waals surface area contributed by atoms with Crippen molar-refractivity contribution in [1.29, 1.82) is 0 Å². The number of fused-ring (bicyclic) bond motifs is 1. The first-order chi connectivity index (χ1) is 12.7. The largest absolute Gasteiger partial charge is 0.489 e. The number of carbonyl (C=O) groups excluding carboxylic acids is 1. The number of amides is 1. The van der Waals surface area contributed by atoms with Gasteiger partial charge in [0.2, 0.25) is 0 Å². The summed E-state index contributed by atoms with van der Waals surface area (Å²) < 4.78 is 5.89. The number of aromatic nitrogens is 1. The van der Waals surface area contributed by atoms with Crippen LogP contribution in [-0.4, -0.2) is 10.9 Å². The predicted molar refractivity (Wildman–Crippen MR) is 104 cm³/mol. The second-order valence-corrected chi connectivity index (χ2v) is 7.56. The van der Waals surface area contributed by atoms with Crippen molar-refractivity contribution in [2.45, 2.75) is 25.9 Å². The lowest BCUT2D eigenvalue weighted by atomic mass is 10.1. The van der Waals surface area contributed by atoms with Gasteiger partial charge < -0.3 is 10.1 Å². The van der Waals surface area contributed by atoms with Gasteiger partial charge >= 0.3 is 0 Å². The number of carbonyl (C=O) groups is 1. The Balaban J connectivity index is 1.36. The summed E-state index contributed by atoms with van der Waals surface area (Å²) in [4.78, 5) is 17.0. The van der Waals surface area contributed by atoms with Crippen LogP contribution in [0.3, 0.4) is 0 Å². The van der Waals surface area contributed by atoms with Crippen LogP contribution in [0, 0.1) is 0 Å². The zero-order chi connectivity index (χ0) is 17.9. The number of anilines is 1. The molecule has 0 unspecified atom stereocenters. The van der Waals surface area contributed by atoms with E-state index in [9.17, 15) is 4.79 Å². The molecule has 1 aliphatic rings. The van der Waals surface area contributed by atoms with Crippen LogP contribution in [0.25, 0.3) is 0 Å². The minimum absolute atomic E-state index is 0.186. The number of benzene rings is 1. The topological polar surface area (TPSA) is 51.2 Å². The van der Waals surface area contributed by atoms with E-state index < -0.39 is 0 Å². The number of aryl methyl sites for hydroxylation is 2. The molecular formula is C20H17ClN2O2S. The van der Waals surface area contributed by atoms with Gasteiger partial charge in [0.05, 0.1) is 9.90 Å². The molecule has 0 aliphatic heterocycles. The van der Waals surface area contributed by atoms with E-state index in [2.05, 4.69) is 22.4 Å². The van der Waals surface area contributed by atoms with E-state index in [1.807, 2.05) is 17.5 Å². The normalized spacial score (nSPS) is 12.7. The first kappa shape index (κ1) is 17.1. The molecule has 0 atom stereocenters. The molecule has 1 aromatic carbocycles. The van der Waals surface area contributed by atoms with E-state index in [1.54, 1.807) is 12.1 Å². The lowest BCUT2D eigenvalue weighted by Gasteiger charge is -2.07. The molecule has 0 bridgehead atoms. The molecular weight excluding hydrogens is 368 g/mol. The molecule has 2 heterocycles. The van der Waals surface area contributed by atoms with Crippen molar-refractivity contribution in [2.24, 2.45) is 0 Å². The highest BCUT2D eigenvalue weighted by atomic mass is 35.5. The Morgan fingerprint density at radius 1 is 1.19 bits per heavy atom. The summed E-state index contributed by atoms with van der Waals surface area (Å²) in [6.07, 6.45) is 5.03. The highest BCUT2D eigenvalue weighted by Gasteiger charge is 2.13. The van der Waals surface area contributed by atoms with Crippen molar-refractivity contribution < 1.29 is 9.53 Å². The molecule has 4 nitrogen and oxygen atoms in total. The second kappa shape index (κ2) is 7.48. The minimum Gasteiger partial charge on any atom is -0.489 e. The summed E-state index contributed by atoms with van der Waals surface area (Å²) >= 11 is 7.19. The summed E-state index contributed by atoms with van der Waals surface area (Å²) in [5, 5.41) is 5.24. The molecule has 1 N–H and O–H groups in total. The summed E-state index contributed by atoms with van der Waals surface area (Å²) in [7, 11) is 0. The number of hydrogen-bond acceptors (Lipinski definition) is 4. The van der Waals surface area contributed by atoms with Crippen molar-refractivity contribution in [3.05, 3.63) is 74.6 Å². The molecule has 1 amide bonds. The van der Waals surface area contributed by atoms with Gasteiger partial charge in [-0.1, -0.05) is 17.7 Å².